The molecule has 0 aliphatic heterocycles. The molecule has 26 heavy (non-hydrogen) atoms. The van der Waals surface area contributed by atoms with Crippen LogP contribution in [-0.4, -0.2) is 34.9 Å². The first kappa shape index (κ1) is 17.5. The smallest absolute Gasteiger partial charge is 0.276 e. The first-order valence-corrected chi connectivity index (χ1v) is 8.02. The van der Waals surface area contributed by atoms with Crippen LogP contribution in [0.15, 0.2) is 42.7 Å². The van der Waals surface area contributed by atoms with Gasteiger partial charge < -0.3 is 14.8 Å². The van der Waals surface area contributed by atoms with Gasteiger partial charge in [-0.2, -0.15) is 5.10 Å². The van der Waals surface area contributed by atoms with Crippen LogP contribution < -0.4 is 14.8 Å². The van der Waals surface area contributed by atoms with Crippen molar-refractivity contribution < 1.29 is 14.3 Å². The lowest BCUT2D eigenvalue weighted by Gasteiger charge is -2.10. The number of methoxy groups -OCH3 is 2. The van der Waals surface area contributed by atoms with Gasteiger partial charge in [0.2, 0.25) is 0 Å². The second-order valence-electron chi connectivity index (χ2n) is 5.75. The minimum atomic E-state index is -0.301. The number of hydrogen-bond acceptors (Lipinski definition) is 5. The molecule has 0 aliphatic rings. The van der Waals surface area contributed by atoms with Crippen molar-refractivity contribution in [1.29, 1.82) is 0 Å². The number of ether oxygens (including phenoxy) is 2. The van der Waals surface area contributed by atoms with E-state index in [2.05, 4.69) is 15.4 Å². The molecule has 1 N–H and O–H groups in total. The molecule has 0 radical (unpaired) electrons. The average Bonchev–Trinajstić information content (AvgIpc) is 3.04. The van der Waals surface area contributed by atoms with Crippen molar-refractivity contribution >= 4 is 11.6 Å². The molecule has 0 saturated carbocycles. The lowest BCUT2D eigenvalue weighted by atomic mass is 10.1. The highest BCUT2D eigenvalue weighted by Crippen LogP contribution is 2.33. The molecule has 2 aromatic heterocycles. The first-order valence-electron chi connectivity index (χ1n) is 8.02. The molecular weight excluding hydrogens is 332 g/mol. The number of aryl methyl sites for hydroxylation is 2. The summed E-state index contributed by atoms with van der Waals surface area (Å²) in [6, 6.07) is 9.04. The lowest BCUT2D eigenvalue weighted by Crippen LogP contribution is -2.14. The zero-order chi connectivity index (χ0) is 18.7. The zero-order valence-electron chi connectivity index (χ0n) is 15.1. The number of nitrogens with one attached hydrogen (secondary N) is 1. The second-order valence-corrected chi connectivity index (χ2v) is 5.75. The summed E-state index contributed by atoms with van der Waals surface area (Å²) in [5.74, 6) is 1.06. The minimum absolute atomic E-state index is 0.301. The van der Waals surface area contributed by atoms with Crippen molar-refractivity contribution in [1.82, 2.24) is 14.8 Å². The third-order valence-electron chi connectivity index (χ3n) is 4.08. The van der Waals surface area contributed by atoms with Gasteiger partial charge >= 0.3 is 0 Å². The topological polar surface area (TPSA) is 78.3 Å². The SMILES string of the molecule is COc1ccc(OC)c(-c2cc(C(=O)Nc3cnccc3C)nn2C)c1. The van der Waals surface area contributed by atoms with Crippen LogP contribution in [0.2, 0.25) is 0 Å². The Hall–Kier alpha value is -3.35. The molecular formula is C19H20N4O3. The summed E-state index contributed by atoms with van der Waals surface area (Å²) in [5.41, 5.74) is 3.42. The van der Waals surface area contributed by atoms with Crippen molar-refractivity contribution in [2.24, 2.45) is 7.05 Å². The van der Waals surface area contributed by atoms with Crippen LogP contribution in [0.5, 0.6) is 11.5 Å². The van der Waals surface area contributed by atoms with Crippen molar-refractivity contribution in [3.63, 3.8) is 0 Å². The van der Waals surface area contributed by atoms with Crippen LogP contribution in [0.25, 0.3) is 11.3 Å². The molecule has 7 nitrogen and oxygen atoms in total. The number of nitrogens with zero attached hydrogens (tertiary/aromatic N) is 3. The van der Waals surface area contributed by atoms with Crippen molar-refractivity contribution in [3.05, 3.63) is 54.0 Å². The molecule has 3 rings (SSSR count). The van der Waals surface area contributed by atoms with E-state index in [0.717, 1.165) is 16.8 Å². The molecule has 7 heteroatoms. The molecule has 0 unspecified atom stereocenters. The maximum absolute atomic E-state index is 12.6. The summed E-state index contributed by atoms with van der Waals surface area (Å²) >= 11 is 0. The predicted molar refractivity (Wildman–Crippen MR) is 98.7 cm³/mol. The zero-order valence-corrected chi connectivity index (χ0v) is 15.1. The highest BCUT2D eigenvalue weighted by molar-refractivity contribution is 6.03. The lowest BCUT2D eigenvalue weighted by molar-refractivity contribution is 0.102. The molecule has 0 aliphatic carbocycles. The summed E-state index contributed by atoms with van der Waals surface area (Å²) in [5, 5.41) is 7.17. The van der Waals surface area contributed by atoms with Crippen LogP contribution in [0.3, 0.4) is 0 Å². The molecule has 2 heterocycles. The monoisotopic (exact) mass is 352 g/mol. The first-order chi connectivity index (χ1) is 12.5. The highest BCUT2D eigenvalue weighted by Gasteiger charge is 2.18. The van der Waals surface area contributed by atoms with E-state index in [0.29, 0.717) is 22.9 Å². The van der Waals surface area contributed by atoms with E-state index in [1.54, 1.807) is 44.4 Å². The van der Waals surface area contributed by atoms with E-state index in [9.17, 15) is 4.79 Å². The molecule has 0 fully saturated rings. The van der Waals surface area contributed by atoms with E-state index in [1.165, 1.54) is 0 Å². The Morgan fingerprint density at radius 2 is 1.96 bits per heavy atom. The van der Waals surface area contributed by atoms with E-state index in [-0.39, 0.29) is 5.91 Å². The van der Waals surface area contributed by atoms with Crippen LogP contribution in [0.1, 0.15) is 16.1 Å². The number of aromatic nitrogens is 3. The fourth-order valence-corrected chi connectivity index (χ4v) is 2.63. The molecule has 0 saturated heterocycles. The Balaban J connectivity index is 1.95. The molecule has 1 amide bonds. The van der Waals surface area contributed by atoms with Crippen molar-refractivity contribution in [2.45, 2.75) is 6.92 Å². The third kappa shape index (κ3) is 3.37. The van der Waals surface area contributed by atoms with Gasteiger partial charge in [0.15, 0.2) is 5.69 Å². The highest BCUT2D eigenvalue weighted by atomic mass is 16.5. The van der Waals surface area contributed by atoms with E-state index < -0.39 is 0 Å². The Kier molecular flexibility index (Phi) is 4.88. The Bertz CT molecular complexity index is 950. The maximum Gasteiger partial charge on any atom is 0.276 e. The van der Waals surface area contributed by atoms with Gasteiger partial charge in [0.05, 0.1) is 31.8 Å². The van der Waals surface area contributed by atoms with E-state index >= 15 is 0 Å². The summed E-state index contributed by atoms with van der Waals surface area (Å²) < 4.78 is 12.4. The van der Waals surface area contributed by atoms with E-state index in [4.69, 9.17) is 9.47 Å². The summed E-state index contributed by atoms with van der Waals surface area (Å²) in [4.78, 5) is 16.6. The van der Waals surface area contributed by atoms with Crippen LogP contribution in [-0.2, 0) is 7.05 Å². The normalized spacial score (nSPS) is 10.5. The minimum Gasteiger partial charge on any atom is -0.497 e. The van der Waals surface area contributed by atoms with Crippen molar-refractivity contribution in [2.75, 3.05) is 19.5 Å². The van der Waals surface area contributed by atoms with Crippen LogP contribution in [0, 0.1) is 6.92 Å². The van der Waals surface area contributed by atoms with Gasteiger partial charge in [-0.15, -0.1) is 0 Å². The van der Waals surface area contributed by atoms with Gasteiger partial charge in [-0.3, -0.25) is 14.5 Å². The number of carbonyl (C=O) groups is 1. The molecule has 0 bridgehead atoms. The Morgan fingerprint density at radius 3 is 2.65 bits per heavy atom. The van der Waals surface area contributed by atoms with E-state index in [1.807, 2.05) is 31.2 Å². The summed E-state index contributed by atoms with van der Waals surface area (Å²) in [6.07, 6.45) is 3.29. The quantitative estimate of drug-likeness (QED) is 0.763. The van der Waals surface area contributed by atoms with Gasteiger partial charge in [-0.1, -0.05) is 0 Å². The fraction of sp³-hybridized carbons (Fsp3) is 0.211. The number of benzene rings is 1. The summed E-state index contributed by atoms with van der Waals surface area (Å²) in [7, 11) is 4.98. The number of pyridine rings is 1. The molecule has 1 aromatic carbocycles. The molecule has 0 atom stereocenters. The Labute approximate surface area is 151 Å². The average molecular weight is 352 g/mol. The van der Waals surface area contributed by atoms with Crippen LogP contribution >= 0.6 is 0 Å². The number of rotatable bonds is 5. The number of amides is 1. The van der Waals surface area contributed by atoms with Crippen molar-refractivity contribution in [3.8, 4) is 22.8 Å². The standard InChI is InChI=1S/C19H20N4O3/c1-12-7-8-20-11-16(12)21-19(24)15-10-17(23(2)22-15)14-9-13(25-3)5-6-18(14)26-4/h5-11H,1-4H3,(H,21,24). The maximum atomic E-state index is 12.6. The van der Waals surface area contributed by atoms with Gasteiger partial charge in [-0.25, -0.2) is 0 Å². The second kappa shape index (κ2) is 7.26. The van der Waals surface area contributed by atoms with Gasteiger partial charge in [-0.05, 0) is 42.8 Å². The predicted octanol–water partition coefficient (Wildman–Crippen LogP) is 3.06. The summed E-state index contributed by atoms with van der Waals surface area (Å²) in [6.45, 7) is 1.91. The molecule has 0 spiro atoms. The Morgan fingerprint density at radius 1 is 1.15 bits per heavy atom. The van der Waals surface area contributed by atoms with Gasteiger partial charge in [0, 0.05) is 18.8 Å². The number of anilines is 1. The largest absolute Gasteiger partial charge is 0.497 e. The number of hydrogen-bond donors (Lipinski definition) is 1. The van der Waals surface area contributed by atoms with Gasteiger partial charge in [0.25, 0.3) is 5.91 Å². The fourth-order valence-electron chi connectivity index (χ4n) is 2.63. The van der Waals surface area contributed by atoms with Gasteiger partial charge in [0.1, 0.15) is 11.5 Å². The molecule has 3 aromatic rings. The number of carbonyl (C=O) groups excluding carboxylic acids is 1. The molecule has 134 valence electrons. The van der Waals surface area contributed by atoms with Crippen LogP contribution in [0.4, 0.5) is 5.69 Å². The third-order valence-corrected chi connectivity index (χ3v) is 4.08.